The number of rotatable bonds is 4. The molecule has 1 fully saturated rings. The van der Waals surface area contributed by atoms with Crippen molar-refractivity contribution in [1.29, 1.82) is 0 Å². The van der Waals surface area contributed by atoms with Gasteiger partial charge in [-0.2, -0.15) is 4.98 Å². The molecule has 2 aromatic heterocycles. The second-order valence-electron chi connectivity index (χ2n) is 5.71. The van der Waals surface area contributed by atoms with E-state index < -0.39 is 0 Å². The molecule has 1 atom stereocenters. The molecule has 0 radical (unpaired) electrons. The minimum atomic E-state index is -0.366. The average Bonchev–Trinajstić information content (AvgIpc) is 2.97. The molecule has 1 aliphatic heterocycles. The first kappa shape index (κ1) is 14.9. The summed E-state index contributed by atoms with van der Waals surface area (Å²) in [4.78, 5) is 19.3. The molecule has 0 saturated carbocycles. The zero-order chi connectivity index (χ0) is 15.5. The summed E-state index contributed by atoms with van der Waals surface area (Å²) in [5, 5.41) is 3.87. The predicted molar refractivity (Wildman–Crippen MR) is 78.4 cm³/mol. The first-order valence-electron chi connectivity index (χ1n) is 7.39. The molecule has 7 nitrogen and oxygen atoms in total. The summed E-state index contributed by atoms with van der Waals surface area (Å²) in [5.74, 6) is 1.07. The van der Waals surface area contributed by atoms with Crippen LogP contribution in [-0.2, 0) is 15.9 Å². The summed E-state index contributed by atoms with van der Waals surface area (Å²) >= 11 is 0. The molecule has 1 unspecified atom stereocenters. The Morgan fingerprint density at radius 2 is 2.23 bits per heavy atom. The van der Waals surface area contributed by atoms with Crippen molar-refractivity contribution in [1.82, 2.24) is 15.1 Å². The van der Waals surface area contributed by atoms with E-state index in [9.17, 15) is 4.79 Å². The highest BCUT2D eigenvalue weighted by Gasteiger charge is 2.24. The number of aromatic nitrogens is 3. The van der Waals surface area contributed by atoms with Gasteiger partial charge in [0.25, 0.3) is 11.4 Å². The molecule has 1 saturated heterocycles. The lowest BCUT2D eigenvalue weighted by Crippen LogP contribution is -2.22. The summed E-state index contributed by atoms with van der Waals surface area (Å²) in [6.07, 6.45) is 0.453. The Morgan fingerprint density at radius 3 is 2.91 bits per heavy atom. The molecule has 0 aliphatic carbocycles. The lowest BCUT2D eigenvalue weighted by atomic mass is 10.1. The molecule has 0 bridgehead atoms. The van der Waals surface area contributed by atoms with Crippen LogP contribution in [0.2, 0.25) is 0 Å². The number of nitrogens with zero attached hydrogens (tertiary/aromatic N) is 2. The molecule has 3 rings (SSSR count). The molecule has 0 aromatic carbocycles. The van der Waals surface area contributed by atoms with Crippen LogP contribution in [0.4, 0.5) is 0 Å². The first-order valence-corrected chi connectivity index (χ1v) is 7.39. The predicted octanol–water partition coefficient (Wildman–Crippen LogP) is 1.71. The number of hydrogen-bond acceptors (Lipinski definition) is 6. The summed E-state index contributed by atoms with van der Waals surface area (Å²) in [7, 11) is 0. The third-order valence-corrected chi connectivity index (χ3v) is 3.37. The highest BCUT2D eigenvalue weighted by atomic mass is 16.6. The van der Waals surface area contributed by atoms with Gasteiger partial charge in [-0.1, -0.05) is 19.0 Å². The summed E-state index contributed by atoms with van der Waals surface area (Å²) in [6.45, 7) is 5.64. The minimum Gasteiger partial charge on any atom is -0.376 e. The SMILES string of the molecule is CC(C)Cc1ccc(-c2noc(C3COCCO3)n2)c(=O)[nH]1. The van der Waals surface area contributed by atoms with E-state index in [1.54, 1.807) is 6.07 Å². The van der Waals surface area contributed by atoms with Crippen LogP contribution in [0.15, 0.2) is 21.5 Å². The van der Waals surface area contributed by atoms with E-state index in [0.29, 0.717) is 37.2 Å². The number of ether oxygens (including phenoxy) is 2. The average molecular weight is 305 g/mol. The number of aromatic amines is 1. The highest BCUT2D eigenvalue weighted by Crippen LogP contribution is 2.21. The Labute approximate surface area is 127 Å². The van der Waals surface area contributed by atoms with Crippen molar-refractivity contribution in [3.8, 4) is 11.4 Å². The van der Waals surface area contributed by atoms with Gasteiger partial charge in [-0.25, -0.2) is 0 Å². The maximum Gasteiger partial charge on any atom is 0.259 e. The number of H-pyrrole nitrogens is 1. The van der Waals surface area contributed by atoms with E-state index in [-0.39, 0.29) is 17.5 Å². The molecule has 2 aromatic rings. The van der Waals surface area contributed by atoms with Gasteiger partial charge in [0, 0.05) is 5.69 Å². The third-order valence-electron chi connectivity index (χ3n) is 3.37. The summed E-state index contributed by atoms with van der Waals surface area (Å²) in [6, 6.07) is 3.61. The van der Waals surface area contributed by atoms with Crippen molar-refractivity contribution >= 4 is 0 Å². The minimum absolute atomic E-state index is 0.216. The monoisotopic (exact) mass is 305 g/mol. The van der Waals surface area contributed by atoms with E-state index >= 15 is 0 Å². The van der Waals surface area contributed by atoms with Crippen LogP contribution in [0.25, 0.3) is 11.4 Å². The summed E-state index contributed by atoms with van der Waals surface area (Å²) < 4.78 is 16.0. The third kappa shape index (κ3) is 3.26. The van der Waals surface area contributed by atoms with E-state index in [2.05, 4.69) is 29.0 Å². The Hall–Kier alpha value is -1.99. The molecule has 3 heterocycles. The maximum atomic E-state index is 12.2. The zero-order valence-corrected chi connectivity index (χ0v) is 12.7. The molecule has 7 heteroatoms. The van der Waals surface area contributed by atoms with Gasteiger partial charge in [0.2, 0.25) is 5.82 Å². The second-order valence-corrected chi connectivity index (χ2v) is 5.71. The molecule has 0 amide bonds. The number of nitrogens with one attached hydrogen (secondary N) is 1. The molecule has 0 spiro atoms. The normalized spacial score (nSPS) is 18.8. The van der Waals surface area contributed by atoms with E-state index in [4.69, 9.17) is 14.0 Å². The largest absolute Gasteiger partial charge is 0.376 e. The molecule has 1 aliphatic rings. The van der Waals surface area contributed by atoms with Crippen LogP contribution in [-0.4, -0.2) is 34.9 Å². The van der Waals surface area contributed by atoms with E-state index in [1.165, 1.54) is 0 Å². The van der Waals surface area contributed by atoms with Crippen molar-refractivity contribution < 1.29 is 14.0 Å². The van der Waals surface area contributed by atoms with Crippen LogP contribution < -0.4 is 5.56 Å². The smallest absolute Gasteiger partial charge is 0.259 e. The van der Waals surface area contributed by atoms with Gasteiger partial charge in [0.1, 0.15) is 0 Å². The fourth-order valence-corrected chi connectivity index (χ4v) is 2.36. The van der Waals surface area contributed by atoms with Gasteiger partial charge in [-0.3, -0.25) is 4.79 Å². The Morgan fingerprint density at radius 1 is 1.36 bits per heavy atom. The van der Waals surface area contributed by atoms with Crippen LogP contribution >= 0.6 is 0 Å². The van der Waals surface area contributed by atoms with Gasteiger partial charge < -0.3 is 19.0 Å². The topological polar surface area (TPSA) is 90.2 Å². The standard InChI is InChI=1S/C15H19N3O4/c1-9(2)7-10-3-4-11(14(19)16-10)13-17-15(22-18-13)12-8-20-5-6-21-12/h3-4,9,12H,5-8H2,1-2H3,(H,16,19). The van der Waals surface area contributed by atoms with E-state index in [1.807, 2.05) is 6.07 Å². The number of hydrogen-bond donors (Lipinski definition) is 1. The van der Waals surface area contributed by atoms with Crippen LogP contribution in [0.5, 0.6) is 0 Å². The van der Waals surface area contributed by atoms with Crippen molar-refractivity contribution in [3.63, 3.8) is 0 Å². The van der Waals surface area contributed by atoms with Crippen LogP contribution in [0.3, 0.4) is 0 Å². The molecule has 22 heavy (non-hydrogen) atoms. The Kier molecular flexibility index (Phi) is 4.35. The van der Waals surface area contributed by atoms with Crippen molar-refractivity contribution in [2.75, 3.05) is 19.8 Å². The van der Waals surface area contributed by atoms with Gasteiger partial charge in [0.05, 0.1) is 25.4 Å². The summed E-state index contributed by atoms with van der Waals surface area (Å²) in [5.41, 5.74) is 1.07. The van der Waals surface area contributed by atoms with Crippen molar-refractivity contribution in [2.24, 2.45) is 5.92 Å². The molecule has 1 N–H and O–H groups in total. The van der Waals surface area contributed by atoms with Gasteiger partial charge in [-0.15, -0.1) is 0 Å². The van der Waals surface area contributed by atoms with Crippen LogP contribution in [0, 0.1) is 5.92 Å². The van der Waals surface area contributed by atoms with Crippen molar-refractivity contribution in [3.05, 3.63) is 34.1 Å². The molecular weight excluding hydrogens is 286 g/mol. The van der Waals surface area contributed by atoms with Gasteiger partial charge in [0.15, 0.2) is 6.10 Å². The second kappa shape index (κ2) is 6.41. The molecular formula is C15H19N3O4. The quantitative estimate of drug-likeness (QED) is 0.924. The highest BCUT2D eigenvalue weighted by molar-refractivity contribution is 5.52. The van der Waals surface area contributed by atoms with Gasteiger partial charge in [-0.05, 0) is 24.5 Å². The number of pyridine rings is 1. The van der Waals surface area contributed by atoms with Crippen LogP contribution in [0.1, 0.15) is 31.5 Å². The zero-order valence-electron chi connectivity index (χ0n) is 12.7. The molecule has 118 valence electrons. The fraction of sp³-hybridized carbons (Fsp3) is 0.533. The van der Waals surface area contributed by atoms with E-state index in [0.717, 1.165) is 12.1 Å². The Balaban J connectivity index is 1.82. The lowest BCUT2D eigenvalue weighted by molar-refractivity contribution is -0.101. The lowest BCUT2D eigenvalue weighted by Gasteiger charge is -2.19. The van der Waals surface area contributed by atoms with Gasteiger partial charge >= 0.3 is 0 Å². The maximum absolute atomic E-state index is 12.2. The Bertz CT molecular complexity index is 686. The fourth-order valence-electron chi connectivity index (χ4n) is 2.36. The first-order chi connectivity index (χ1) is 10.6. The van der Waals surface area contributed by atoms with Crippen molar-refractivity contribution in [2.45, 2.75) is 26.4 Å².